The molecule has 0 aromatic rings. The van der Waals surface area contributed by atoms with E-state index in [1.54, 1.807) is 0 Å². The number of rotatable bonds is 9. The van der Waals surface area contributed by atoms with Gasteiger partial charge in [-0.3, -0.25) is 19.9 Å². The second kappa shape index (κ2) is 10.9. The zero-order valence-electron chi connectivity index (χ0n) is 17.9. The summed E-state index contributed by atoms with van der Waals surface area (Å²) in [6, 6.07) is 1.07. The Morgan fingerprint density at radius 3 is 2.68 bits per heavy atom. The van der Waals surface area contributed by atoms with E-state index >= 15 is 0 Å². The van der Waals surface area contributed by atoms with Gasteiger partial charge in [0, 0.05) is 25.2 Å². The van der Waals surface area contributed by atoms with Gasteiger partial charge < -0.3 is 9.84 Å². The summed E-state index contributed by atoms with van der Waals surface area (Å²) >= 11 is 0. The Morgan fingerprint density at radius 1 is 1.18 bits per heavy atom. The third-order valence-electron chi connectivity index (χ3n) is 7.27. The summed E-state index contributed by atoms with van der Waals surface area (Å²) in [5.41, 5.74) is 0. The van der Waals surface area contributed by atoms with Gasteiger partial charge in [-0.2, -0.15) is 0 Å². The molecule has 0 aromatic heterocycles. The predicted octanol–water partition coefficient (Wildman–Crippen LogP) is 2.78. The van der Waals surface area contributed by atoms with E-state index in [4.69, 9.17) is 4.74 Å². The summed E-state index contributed by atoms with van der Waals surface area (Å²) in [6.45, 7) is 6.08. The molecular weight excluding hydrogens is 354 g/mol. The van der Waals surface area contributed by atoms with E-state index in [2.05, 4.69) is 17.1 Å². The van der Waals surface area contributed by atoms with Crippen molar-refractivity contribution in [2.75, 3.05) is 39.9 Å². The summed E-state index contributed by atoms with van der Waals surface area (Å²) in [5.74, 6) is 0.819. The van der Waals surface area contributed by atoms with Crippen molar-refractivity contribution in [1.82, 2.24) is 15.1 Å². The van der Waals surface area contributed by atoms with Crippen molar-refractivity contribution in [3.63, 3.8) is 0 Å². The molecule has 162 valence electrons. The molecule has 1 saturated carbocycles. The molecule has 6 nitrogen and oxygen atoms in total. The van der Waals surface area contributed by atoms with Crippen LogP contribution in [0.25, 0.3) is 0 Å². The molecule has 0 amide bonds. The predicted molar refractivity (Wildman–Crippen MR) is 111 cm³/mol. The number of fused-ring (bicyclic) bond motifs is 1. The van der Waals surface area contributed by atoms with Gasteiger partial charge in [-0.15, -0.1) is 0 Å². The van der Waals surface area contributed by atoms with Crippen LogP contribution in [0.3, 0.4) is 0 Å². The second-order valence-electron chi connectivity index (χ2n) is 9.24. The molecule has 2 heterocycles. The van der Waals surface area contributed by atoms with Gasteiger partial charge in [0.15, 0.2) is 0 Å². The third kappa shape index (κ3) is 5.91. The van der Waals surface area contributed by atoms with Crippen molar-refractivity contribution in [1.29, 1.82) is 0 Å². The van der Waals surface area contributed by atoms with Gasteiger partial charge in [0.2, 0.25) is 0 Å². The Labute approximate surface area is 171 Å². The monoisotopic (exact) mass is 395 g/mol. The van der Waals surface area contributed by atoms with E-state index in [9.17, 15) is 9.90 Å². The van der Waals surface area contributed by atoms with Gasteiger partial charge in [0.05, 0.1) is 25.9 Å². The van der Waals surface area contributed by atoms with Crippen LogP contribution < -0.4 is 5.32 Å². The molecule has 5 unspecified atom stereocenters. The van der Waals surface area contributed by atoms with Crippen LogP contribution in [0.5, 0.6) is 0 Å². The number of carboxylic acids is 1. The van der Waals surface area contributed by atoms with Crippen molar-refractivity contribution >= 4 is 5.97 Å². The number of carboxylic acid groups (broad SMARTS) is 1. The molecule has 0 spiro atoms. The van der Waals surface area contributed by atoms with Crippen LogP contribution in [0.2, 0.25) is 0 Å². The first kappa shape index (κ1) is 22.0. The highest BCUT2D eigenvalue weighted by atomic mass is 16.5. The number of carbonyl (C=O) groups is 1. The molecular formula is C22H41N3O3. The average molecular weight is 396 g/mol. The minimum Gasteiger partial charge on any atom is -0.480 e. The van der Waals surface area contributed by atoms with Crippen molar-refractivity contribution in [2.24, 2.45) is 11.8 Å². The van der Waals surface area contributed by atoms with Gasteiger partial charge in [0.1, 0.15) is 0 Å². The highest BCUT2D eigenvalue weighted by molar-refractivity contribution is 5.69. The summed E-state index contributed by atoms with van der Waals surface area (Å²) in [6.07, 6.45) is 11.9. The van der Waals surface area contributed by atoms with Crippen LogP contribution in [0.1, 0.15) is 64.7 Å². The number of hydrogen-bond acceptors (Lipinski definition) is 5. The Kier molecular flexibility index (Phi) is 8.57. The fraction of sp³-hybridized carbons (Fsp3) is 0.955. The normalized spacial score (nSPS) is 34.3. The first-order valence-corrected chi connectivity index (χ1v) is 11.6. The number of likely N-dealkylation sites (N-methyl/N-ethyl adjacent to an activating group) is 1. The van der Waals surface area contributed by atoms with E-state index in [0.717, 1.165) is 38.6 Å². The summed E-state index contributed by atoms with van der Waals surface area (Å²) in [5, 5.41) is 13.1. The highest BCUT2D eigenvalue weighted by Gasteiger charge is 2.44. The first-order valence-electron chi connectivity index (χ1n) is 11.6. The fourth-order valence-corrected chi connectivity index (χ4v) is 5.73. The molecule has 5 atom stereocenters. The Balaban J connectivity index is 1.64. The van der Waals surface area contributed by atoms with E-state index in [1.165, 1.54) is 51.4 Å². The van der Waals surface area contributed by atoms with Gasteiger partial charge in [-0.1, -0.05) is 39.0 Å². The van der Waals surface area contributed by atoms with Crippen molar-refractivity contribution in [2.45, 2.75) is 83.0 Å². The van der Waals surface area contributed by atoms with E-state index in [1.807, 2.05) is 11.9 Å². The maximum absolute atomic E-state index is 11.2. The molecule has 3 rings (SSSR count). The maximum atomic E-state index is 11.2. The van der Waals surface area contributed by atoms with Crippen LogP contribution in [0.4, 0.5) is 0 Å². The number of unbranched alkanes of at least 4 members (excludes halogenated alkanes) is 3. The first-order chi connectivity index (χ1) is 13.6. The zero-order chi connectivity index (χ0) is 19.9. The molecule has 0 radical (unpaired) electrons. The van der Waals surface area contributed by atoms with E-state index < -0.39 is 5.97 Å². The van der Waals surface area contributed by atoms with Crippen LogP contribution in [0.15, 0.2) is 0 Å². The maximum Gasteiger partial charge on any atom is 0.317 e. The van der Waals surface area contributed by atoms with Crippen molar-refractivity contribution in [3.8, 4) is 0 Å². The van der Waals surface area contributed by atoms with Gasteiger partial charge in [0.25, 0.3) is 0 Å². The fourth-order valence-electron chi connectivity index (χ4n) is 5.73. The molecule has 3 aliphatic rings. The second-order valence-corrected chi connectivity index (χ2v) is 9.24. The smallest absolute Gasteiger partial charge is 0.317 e. The lowest BCUT2D eigenvalue weighted by molar-refractivity contribution is -0.139. The minimum absolute atomic E-state index is 0.102. The molecule has 2 saturated heterocycles. The van der Waals surface area contributed by atoms with Crippen LogP contribution in [0, 0.1) is 11.8 Å². The quantitative estimate of drug-likeness (QED) is 0.585. The third-order valence-corrected chi connectivity index (χ3v) is 7.27. The number of ether oxygens (including phenoxy) is 1. The lowest BCUT2D eigenvalue weighted by Crippen LogP contribution is -2.65. The standard InChI is InChI=1S/C22H41N3O3/c1-3-4-5-6-7-17-8-9-19-18(14-17)20(25-10-12-28-13-11-25)15-21(23-19)24(2)16-22(26)27/h17-21,23H,3-16H2,1-2H3,(H,26,27). The largest absolute Gasteiger partial charge is 0.480 e. The van der Waals surface area contributed by atoms with Crippen molar-refractivity contribution in [3.05, 3.63) is 0 Å². The molecule has 2 aliphatic heterocycles. The average Bonchev–Trinajstić information content (AvgIpc) is 2.70. The van der Waals surface area contributed by atoms with Crippen LogP contribution in [-0.2, 0) is 9.53 Å². The molecule has 3 fully saturated rings. The molecule has 2 N–H and O–H groups in total. The van der Waals surface area contributed by atoms with E-state index in [0.29, 0.717) is 18.0 Å². The van der Waals surface area contributed by atoms with Crippen LogP contribution in [-0.4, -0.2) is 79.0 Å². The van der Waals surface area contributed by atoms with Gasteiger partial charge in [-0.05, 0) is 44.6 Å². The summed E-state index contributed by atoms with van der Waals surface area (Å²) in [4.78, 5) is 15.8. The van der Waals surface area contributed by atoms with Gasteiger partial charge >= 0.3 is 5.97 Å². The van der Waals surface area contributed by atoms with E-state index in [-0.39, 0.29) is 12.7 Å². The lowest BCUT2D eigenvalue weighted by Gasteiger charge is -2.53. The number of aliphatic carboxylic acids is 1. The topological polar surface area (TPSA) is 65.0 Å². The molecule has 0 bridgehead atoms. The van der Waals surface area contributed by atoms with Crippen molar-refractivity contribution < 1.29 is 14.6 Å². The Bertz CT molecular complexity index is 484. The number of nitrogens with zero attached hydrogens (tertiary/aromatic N) is 2. The zero-order valence-corrected chi connectivity index (χ0v) is 17.9. The molecule has 6 heteroatoms. The molecule has 28 heavy (non-hydrogen) atoms. The number of piperidine rings is 1. The highest BCUT2D eigenvalue weighted by Crippen LogP contribution is 2.40. The SMILES string of the molecule is CCCCCCC1CCC2NC(N(C)CC(=O)O)CC(N3CCOCC3)C2C1. The number of nitrogens with one attached hydrogen (secondary N) is 1. The van der Waals surface area contributed by atoms with Gasteiger partial charge in [-0.25, -0.2) is 0 Å². The number of hydrogen-bond donors (Lipinski definition) is 2. The minimum atomic E-state index is -0.745. The number of morpholine rings is 1. The lowest BCUT2D eigenvalue weighted by atomic mass is 9.69. The Hall–Kier alpha value is -0.690. The molecule has 0 aromatic carbocycles. The van der Waals surface area contributed by atoms with Crippen LogP contribution >= 0.6 is 0 Å². The molecule has 1 aliphatic carbocycles. The Morgan fingerprint density at radius 2 is 1.96 bits per heavy atom. The summed E-state index contributed by atoms with van der Waals surface area (Å²) in [7, 11) is 1.95. The summed E-state index contributed by atoms with van der Waals surface area (Å²) < 4.78 is 5.61.